The van der Waals surface area contributed by atoms with Gasteiger partial charge in [-0.15, -0.1) is 0 Å². The molecule has 5 rings (SSSR count). The van der Waals surface area contributed by atoms with Crippen LogP contribution >= 0.6 is 35.3 Å². The highest BCUT2D eigenvalue weighted by atomic mass is 32.2. The van der Waals surface area contributed by atoms with E-state index in [-0.39, 0.29) is 134 Å². The van der Waals surface area contributed by atoms with E-state index in [1.165, 1.54) is 47.3 Å². The van der Waals surface area contributed by atoms with Gasteiger partial charge in [0.2, 0.25) is 41.4 Å². The van der Waals surface area contributed by atoms with Crippen LogP contribution in [-0.2, 0) is 86.0 Å². The lowest BCUT2D eigenvalue weighted by Gasteiger charge is -2.32. The van der Waals surface area contributed by atoms with Crippen LogP contribution in [0.25, 0.3) is 0 Å². The van der Waals surface area contributed by atoms with Crippen LogP contribution in [0.15, 0.2) is 48.5 Å². The molecule has 2 aromatic rings. The third-order valence-corrected chi connectivity index (χ3v) is 20.9. The lowest BCUT2D eigenvalue weighted by Crippen LogP contribution is -2.60. The van der Waals surface area contributed by atoms with Crippen molar-refractivity contribution in [2.75, 3.05) is 116 Å². The van der Waals surface area contributed by atoms with Crippen molar-refractivity contribution in [1.82, 2.24) is 45.3 Å². The number of carbonyl (C=O) groups is 13. The van der Waals surface area contributed by atoms with E-state index in [1.54, 1.807) is 56.8 Å². The maximum atomic E-state index is 14.5. The van der Waals surface area contributed by atoms with Crippen LogP contribution in [0.4, 0.5) is 0 Å². The Bertz CT molecular complexity index is 3050. The normalized spacial score (nSPS) is 22.5. The Morgan fingerprint density at radius 2 is 1.20 bits per heavy atom. The second-order valence-corrected chi connectivity index (χ2v) is 29.0. The molecule has 3 aliphatic heterocycles. The first-order valence-electron chi connectivity index (χ1n) is 33.9. The van der Waals surface area contributed by atoms with Gasteiger partial charge in [0.15, 0.2) is 5.78 Å². The first-order valence-corrected chi connectivity index (χ1v) is 37.4. The molecule has 2 bridgehead atoms. The molecule has 2 aromatic carbocycles. The number of carboxylic acids is 3. The average molecular weight is 1440 g/mol. The molecule has 31 heteroatoms. The molecular formula is C68H101N11O17S3. The minimum atomic E-state index is -1.68. The quantitative estimate of drug-likeness (QED) is 0.0568. The van der Waals surface area contributed by atoms with Gasteiger partial charge in [0, 0.05) is 127 Å². The number of ketones is 3. The number of carbonyl (C=O) groups excluding carboxylic acids is 10. The van der Waals surface area contributed by atoms with Gasteiger partial charge in [-0.2, -0.15) is 35.3 Å². The summed E-state index contributed by atoms with van der Waals surface area (Å²) in [5.74, 6) is -8.89. The first-order chi connectivity index (χ1) is 47.2. The van der Waals surface area contributed by atoms with Crippen molar-refractivity contribution in [3.05, 3.63) is 70.8 Å². The van der Waals surface area contributed by atoms with Crippen LogP contribution in [0, 0.1) is 11.8 Å². The molecule has 3 heterocycles. The van der Waals surface area contributed by atoms with Crippen molar-refractivity contribution in [3.8, 4) is 0 Å². The molecule has 11 N–H and O–H groups in total. The fourth-order valence-electron chi connectivity index (χ4n) is 12.1. The second kappa shape index (κ2) is 43.6. The van der Waals surface area contributed by atoms with Gasteiger partial charge in [-0.25, -0.2) is 0 Å². The third kappa shape index (κ3) is 30.8. The molecule has 2 saturated heterocycles. The molecule has 548 valence electrons. The Kier molecular flexibility index (Phi) is 36.4. The van der Waals surface area contributed by atoms with E-state index in [1.807, 2.05) is 30.0 Å². The van der Waals surface area contributed by atoms with Gasteiger partial charge in [0.05, 0.1) is 56.7 Å². The Morgan fingerprint density at radius 1 is 0.646 bits per heavy atom. The zero-order valence-corrected chi connectivity index (χ0v) is 59.6. The summed E-state index contributed by atoms with van der Waals surface area (Å²) in [5, 5.41) is 47.6. The number of primary amides is 2. The van der Waals surface area contributed by atoms with E-state index in [2.05, 4.69) is 16.0 Å². The highest BCUT2D eigenvalue weighted by Crippen LogP contribution is 2.28. The van der Waals surface area contributed by atoms with E-state index in [0.29, 0.717) is 60.9 Å². The number of likely N-dealkylation sites (N-methyl/N-ethyl adjacent to an activating group) is 1. The number of nitrogens with two attached hydrogens (primary N) is 2. The third-order valence-electron chi connectivity index (χ3n) is 17.4. The average Bonchev–Trinajstić information content (AvgIpc) is 1.80. The van der Waals surface area contributed by atoms with Gasteiger partial charge in [-0.1, -0.05) is 68.3 Å². The molecule has 99 heavy (non-hydrogen) atoms. The monoisotopic (exact) mass is 1440 g/mol. The molecule has 7 atom stereocenters. The van der Waals surface area contributed by atoms with Gasteiger partial charge in [0.25, 0.3) is 0 Å². The van der Waals surface area contributed by atoms with Crippen molar-refractivity contribution < 1.29 is 82.8 Å². The molecular weight excluding hydrogens is 1340 g/mol. The lowest BCUT2D eigenvalue weighted by molar-refractivity contribution is -0.145. The zero-order valence-electron chi connectivity index (χ0n) is 57.2. The Hall–Kier alpha value is -7.00. The first kappa shape index (κ1) is 82.7. The van der Waals surface area contributed by atoms with Crippen molar-refractivity contribution in [1.29, 1.82) is 0 Å². The molecule has 28 nitrogen and oxygen atoms in total. The minimum Gasteiger partial charge on any atom is -0.480 e. The fourth-order valence-corrected chi connectivity index (χ4v) is 15.1. The number of carboxylic acid groups (broad SMARTS) is 3. The predicted octanol–water partition coefficient (Wildman–Crippen LogP) is 1.23. The van der Waals surface area contributed by atoms with E-state index in [0.717, 1.165) is 29.5 Å². The number of unbranched alkanes of at least 4 members (excludes halogenated alkanes) is 2. The number of Topliss-reactive ketones (excluding diaryl/α,β-unsaturated/α-hetero) is 3. The number of fused-ring (bicyclic) bond motifs is 3. The van der Waals surface area contributed by atoms with Crippen LogP contribution < -0.4 is 27.4 Å². The number of nitrogens with zero attached hydrogens (tertiary/aromatic N) is 6. The van der Waals surface area contributed by atoms with E-state index >= 15 is 0 Å². The summed E-state index contributed by atoms with van der Waals surface area (Å²) in [6, 6.07) is 9.17. The number of amides is 7. The summed E-state index contributed by atoms with van der Waals surface area (Å²) in [7, 11) is 1.46. The highest BCUT2D eigenvalue weighted by molar-refractivity contribution is 7.99. The van der Waals surface area contributed by atoms with Gasteiger partial charge >= 0.3 is 17.9 Å². The van der Waals surface area contributed by atoms with Crippen LogP contribution in [0.1, 0.15) is 113 Å². The predicted molar refractivity (Wildman–Crippen MR) is 376 cm³/mol. The fraction of sp³-hybridized carbons (Fsp3) is 0.632. The second-order valence-electron chi connectivity index (χ2n) is 25.8. The van der Waals surface area contributed by atoms with Crippen LogP contribution in [0.2, 0.25) is 0 Å². The summed E-state index contributed by atoms with van der Waals surface area (Å²) >= 11 is 4.40. The number of benzene rings is 2. The molecule has 3 aliphatic rings. The number of hydrogen-bond donors (Lipinski definition) is 9. The van der Waals surface area contributed by atoms with Crippen molar-refractivity contribution in [3.63, 3.8) is 0 Å². The summed E-state index contributed by atoms with van der Waals surface area (Å²) in [4.78, 5) is 183. The van der Waals surface area contributed by atoms with Gasteiger partial charge in [0.1, 0.15) is 29.7 Å². The molecule has 7 amide bonds. The van der Waals surface area contributed by atoms with Gasteiger partial charge in [-0.05, 0) is 73.5 Å². The highest BCUT2D eigenvalue weighted by Gasteiger charge is 2.40. The zero-order chi connectivity index (χ0) is 72.6. The molecule has 0 aromatic heterocycles. The summed E-state index contributed by atoms with van der Waals surface area (Å²) in [5.41, 5.74) is 14.8. The summed E-state index contributed by atoms with van der Waals surface area (Å²) in [6.07, 6.45) is 1.14. The Morgan fingerprint density at radius 3 is 1.75 bits per heavy atom. The van der Waals surface area contributed by atoms with E-state index in [4.69, 9.17) is 11.5 Å². The SMILES string of the molecule is CCCCCC(=O)C[C@H]1CSCc2cc(CSCCCC(=O)CN3CCN(CC(=O)O)CCN(CC(=O)O)CCN(CC(=O)O)CC3)cc(c2)CSC[C@@H](C(N)=O)CC(=O)[C@H](Cc2ccccc2)NC(=O)[C@H](CCC(N)=O)NC(=O)[C@H]([C@@H](C)O)NC(=O)[C@@H]2CCCN2C(=O)CN(C)C1=O. The van der Waals surface area contributed by atoms with Crippen molar-refractivity contribution >= 4 is 112 Å². The number of nitrogens with one attached hydrogen (secondary N) is 3. The molecule has 0 unspecified atom stereocenters. The van der Waals surface area contributed by atoms with Crippen LogP contribution in [-0.4, -0.2) is 273 Å². The number of thioether (sulfide) groups is 3. The van der Waals surface area contributed by atoms with Gasteiger partial charge < -0.3 is 57.6 Å². The van der Waals surface area contributed by atoms with E-state index in [9.17, 15) is 82.8 Å². The topological polar surface area (TPSA) is 410 Å². The van der Waals surface area contributed by atoms with Crippen molar-refractivity contribution in [2.24, 2.45) is 23.3 Å². The standard InChI is InChI=1S/C68H101N11O17S3/c1-4-5-7-14-52(81)33-51-44-99-42-49-30-47(40-97-28-11-15-53(82)35-75-20-22-76(37-60(86)87)24-26-78(39-62(90)91)27-25-77(23-21-75)38-61(88)89)29-48(31-49)41-98-43-50(64(70)92)34-57(83)55(32-46-12-8-6-9-13-46)72-65(93)54(17-18-58(69)84)71-67(95)63(45(2)80)73-66(94)56-16-10-19-79(56)59(85)36-74(3)68(51)96/h6,8-9,12-13,29-31,45,50-51,54-56,63,80H,4-5,7,10-11,14-28,32-44H2,1-3H3,(H2,69,84)(H2,70,92)(H,71,95)(H,72,93)(H,73,94)(H,86,87)(H,88,89)(H,90,91)/t45-,50+,51+,54+,55+,56+,63+/m1/s1. The summed E-state index contributed by atoms with van der Waals surface area (Å²) < 4.78 is 0. The molecule has 0 saturated carbocycles. The van der Waals surface area contributed by atoms with Crippen LogP contribution in [0.5, 0.6) is 0 Å². The largest absolute Gasteiger partial charge is 0.480 e. The smallest absolute Gasteiger partial charge is 0.317 e. The molecule has 0 aliphatic carbocycles. The minimum absolute atomic E-state index is 0.0445. The number of aliphatic carboxylic acids is 3. The molecule has 2 fully saturated rings. The maximum Gasteiger partial charge on any atom is 0.317 e. The lowest BCUT2D eigenvalue weighted by atomic mass is 9.94. The molecule has 0 radical (unpaired) electrons. The number of hydrogen-bond acceptors (Lipinski definition) is 21. The Labute approximate surface area is 591 Å². The number of aliphatic hydroxyl groups excluding tert-OH is 1. The Balaban J connectivity index is 1.41. The van der Waals surface area contributed by atoms with Gasteiger partial charge in [-0.3, -0.25) is 81.9 Å². The maximum absolute atomic E-state index is 14.5. The summed E-state index contributed by atoms with van der Waals surface area (Å²) in [6.45, 7) is 4.28. The molecule has 0 spiro atoms. The number of rotatable bonds is 27. The van der Waals surface area contributed by atoms with Crippen molar-refractivity contribution in [2.45, 2.75) is 145 Å². The van der Waals surface area contributed by atoms with E-state index < -0.39 is 127 Å². The van der Waals surface area contributed by atoms with Crippen LogP contribution in [0.3, 0.4) is 0 Å². The number of aliphatic hydroxyl groups is 1.